The molecule has 110 valence electrons. The summed E-state index contributed by atoms with van der Waals surface area (Å²) in [6, 6.07) is 10.5. The summed E-state index contributed by atoms with van der Waals surface area (Å²) >= 11 is 2.91. The molecule has 21 heavy (non-hydrogen) atoms. The molecule has 0 saturated heterocycles. The zero-order chi connectivity index (χ0) is 15.2. The van der Waals surface area contributed by atoms with Crippen LogP contribution in [0, 0.1) is 0 Å². The minimum atomic E-state index is -0.602. The van der Waals surface area contributed by atoms with Crippen LogP contribution in [0.25, 0.3) is 0 Å². The quantitative estimate of drug-likeness (QED) is 0.832. The summed E-state index contributed by atoms with van der Waals surface area (Å²) in [5.74, 6) is -0.466. The predicted molar refractivity (Wildman–Crippen MR) is 88.1 cm³/mol. The Hall–Kier alpha value is -1.79. The standard InChI is InChI=1S/C15H16N2O2S2/c1-10(16-15(19)13-8-5-9-21-13)14(18)17-11-6-3-4-7-12(11)20-2/h3-10H,1-2H3,(H,16,19)(H,17,18). The second kappa shape index (κ2) is 7.28. The van der Waals surface area contributed by atoms with E-state index < -0.39 is 6.04 Å². The first kappa shape index (κ1) is 15.6. The maximum absolute atomic E-state index is 12.2. The van der Waals surface area contributed by atoms with Gasteiger partial charge in [0.25, 0.3) is 5.91 Å². The van der Waals surface area contributed by atoms with Gasteiger partial charge in [-0.15, -0.1) is 23.1 Å². The number of anilines is 1. The highest BCUT2D eigenvalue weighted by atomic mass is 32.2. The molecule has 1 aromatic carbocycles. The van der Waals surface area contributed by atoms with E-state index in [4.69, 9.17) is 0 Å². The molecule has 0 aliphatic carbocycles. The largest absolute Gasteiger partial charge is 0.340 e. The lowest BCUT2D eigenvalue weighted by molar-refractivity contribution is -0.117. The van der Waals surface area contributed by atoms with Crippen LogP contribution in [0.5, 0.6) is 0 Å². The molecule has 0 bridgehead atoms. The summed E-state index contributed by atoms with van der Waals surface area (Å²) < 4.78 is 0. The smallest absolute Gasteiger partial charge is 0.261 e. The second-order valence-electron chi connectivity index (χ2n) is 4.36. The second-order valence-corrected chi connectivity index (χ2v) is 6.16. The summed E-state index contributed by atoms with van der Waals surface area (Å²) in [6.45, 7) is 1.67. The lowest BCUT2D eigenvalue weighted by Gasteiger charge is -2.15. The number of amides is 2. The molecule has 4 nitrogen and oxygen atoms in total. The first-order valence-electron chi connectivity index (χ1n) is 6.40. The topological polar surface area (TPSA) is 58.2 Å². The van der Waals surface area contributed by atoms with Crippen molar-refractivity contribution in [2.45, 2.75) is 17.9 Å². The minimum absolute atomic E-state index is 0.231. The van der Waals surface area contributed by atoms with E-state index in [1.54, 1.807) is 30.8 Å². The van der Waals surface area contributed by atoms with Gasteiger partial charge in [0.05, 0.1) is 10.6 Å². The molecule has 1 aromatic heterocycles. The van der Waals surface area contributed by atoms with Crippen molar-refractivity contribution >= 4 is 40.6 Å². The van der Waals surface area contributed by atoms with E-state index in [2.05, 4.69) is 10.6 Å². The van der Waals surface area contributed by atoms with Crippen LogP contribution in [-0.4, -0.2) is 24.1 Å². The van der Waals surface area contributed by atoms with Gasteiger partial charge in [-0.25, -0.2) is 0 Å². The number of thioether (sulfide) groups is 1. The van der Waals surface area contributed by atoms with E-state index in [1.807, 2.05) is 35.9 Å². The molecule has 0 radical (unpaired) electrons. The maximum Gasteiger partial charge on any atom is 0.261 e. The van der Waals surface area contributed by atoms with E-state index in [0.717, 1.165) is 10.6 Å². The van der Waals surface area contributed by atoms with Crippen LogP contribution in [0.1, 0.15) is 16.6 Å². The van der Waals surface area contributed by atoms with Crippen molar-refractivity contribution in [1.82, 2.24) is 5.32 Å². The normalized spacial score (nSPS) is 11.7. The fourth-order valence-electron chi connectivity index (χ4n) is 1.73. The zero-order valence-corrected chi connectivity index (χ0v) is 13.4. The fourth-order valence-corrected chi connectivity index (χ4v) is 2.91. The Morgan fingerprint density at radius 3 is 2.62 bits per heavy atom. The zero-order valence-electron chi connectivity index (χ0n) is 11.8. The molecule has 0 saturated carbocycles. The number of carbonyl (C=O) groups excluding carboxylic acids is 2. The number of nitrogens with one attached hydrogen (secondary N) is 2. The third-order valence-electron chi connectivity index (χ3n) is 2.85. The summed E-state index contributed by atoms with van der Waals surface area (Å²) in [5.41, 5.74) is 0.757. The number of hydrogen-bond acceptors (Lipinski definition) is 4. The molecule has 2 N–H and O–H groups in total. The van der Waals surface area contributed by atoms with Crippen LogP contribution in [0.4, 0.5) is 5.69 Å². The van der Waals surface area contributed by atoms with Crippen molar-refractivity contribution in [2.24, 2.45) is 0 Å². The van der Waals surface area contributed by atoms with Gasteiger partial charge in [-0.1, -0.05) is 18.2 Å². The van der Waals surface area contributed by atoms with Crippen molar-refractivity contribution in [3.63, 3.8) is 0 Å². The monoisotopic (exact) mass is 320 g/mol. The van der Waals surface area contributed by atoms with Crippen LogP contribution in [-0.2, 0) is 4.79 Å². The van der Waals surface area contributed by atoms with E-state index >= 15 is 0 Å². The number of carbonyl (C=O) groups is 2. The molecular formula is C15H16N2O2S2. The lowest BCUT2D eigenvalue weighted by Crippen LogP contribution is -2.41. The number of thiophene rings is 1. The number of benzene rings is 1. The highest BCUT2D eigenvalue weighted by Crippen LogP contribution is 2.24. The van der Waals surface area contributed by atoms with Crippen LogP contribution in [0.2, 0.25) is 0 Å². The number of hydrogen-bond donors (Lipinski definition) is 2. The van der Waals surface area contributed by atoms with Gasteiger partial charge in [0.15, 0.2) is 0 Å². The average Bonchev–Trinajstić information content (AvgIpc) is 3.02. The highest BCUT2D eigenvalue weighted by molar-refractivity contribution is 7.98. The summed E-state index contributed by atoms with van der Waals surface area (Å²) in [7, 11) is 0. The molecule has 6 heteroatoms. The van der Waals surface area contributed by atoms with Gasteiger partial charge in [-0.3, -0.25) is 9.59 Å². The third-order valence-corrected chi connectivity index (χ3v) is 4.52. The van der Waals surface area contributed by atoms with Crippen LogP contribution in [0.3, 0.4) is 0 Å². The van der Waals surface area contributed by atoms with Crippen LogP contribution >= 0.6 is 23.1 Å². The first-order valence-corrected chi connectivity index (χ1v) is 8.50. The molecular weight excluding hydrogens is 304 g/mol. The molecule has 1 unspecified atom stereocenters. The van der Waals surface area contributed by atoms with Gasteiger partial charge in [0.2, 0.25) is 5.91 Å². The summed E-state index contributed by atoms with van der Waals surface area (Å²) in [4.78, 5) is 25.7. The van der Waals surface area contributed by atoms with E-state index in [-0.39, 0.29) is 11.8 Å². The average molecular weight is 320 g/mol. The van der Waals surface area contributed by atoms with E-state index in [9.17, 15) is 9.59 Å². The Morgan fingerprint density at radius 1 is 1.19 bits per heavy atom. The number of rotatable bonds is 5. The van der Waals surface area contributed by atoms with E-state index in [0.29, 0.717) is 4.88 Å². The van der Waals surface area contributed by atoms with Gasteiger partial charge in [0, 0.05) is 4.90 Å². The molecule has 1 heterocycles. The molecule has 0 aliphatic rings. The van der Waals surface area contributed by atoms with Crippen LogP contribution < -0.4 is 10.6 Å². The van der Waals surface area contributed by atoms with Crippen molar-refractivity contribution in [1.29, 1.82) is 0 Å². The van der Waals surface area contributed by atoms with Gasteiger partial charge in [-0.05, 0) is 36.8 Å². The first-order chi connectivity index (χ1) is 10.1. The minimum Gasteiger partial charge on any atom is -0.340 e. The Balaban J connectivity index is 1.98. The van der Waals surface area contributed by atoms with Crippen molar-refractivity contribution in [2.75, 3.05) is 11.6 Å². The Kier molecular flexibility index (Phi) is 5.41. The molecule has 2 amide bonds. The van der Waals surface area contributed by atoms with E-state index in [1.165, 1.54) is 11.3 Å². The molecule has 2 aromatic rings. The highest BCUT2D eigenvalue weighted by Gasteiger charge is 2.17. The van der Waals surface area contributed by atoms with Gasteiger partial charge in [0.1, 0.15) is 6.04 Å². The Morgan fingerprint density at radius 2 is 1.95 bits per heavy atom. The molecule has 0 fully saturated rings. The molecule has 0 aliphatic heterocycles. The van der Waals surface area contributed by atoms with Crippen molar-refractivity contribution < 1.29 is 9.59 Å². The maximum atomic E-state index is 12.2. The molecule has 2 rings (SSSR count). The Labute approximate surface area is 131 Å². The van der Waals surface area contributed by atoms with Gasteiger partial charge >= 0.3 is 0 Å². The van der Waals surface area contributed by atoms with Gasteiger partial charge < -0.3 is 10.6 Å². The van der Waals surface area contributed by atoms with Crippen LogP contribution in [0.15, 0.2) is 46.7 Å². The van der Waals surface area contributed by atoms with Crippen molar-refractivity contribution in [3.05, 3.63) is 46.7 Å². The number of para-hydroxylation sites is 1. The van der Waals surface area contributed by atoms with Crippen molar-refractivity contribution in [3.8, 4) is 0 Å². The molecule has 0 spiro atoms. The lowest BCUT2D eigenvalue weighted by atomic mass is 10.2. The van der Waals surface area contributed by atoms with Gasteiger partial charge in [-0.2, -0.15) is 0 Å². The summed E-state index contributed by atoms with van der Waals surface area (Å²) in [5, 5.41) is 7.36. The fraction of sp³-hybridized carbons (Fsp3) is 0.200. The SMILES string of the molecule is CSc1ccccc1NC(=O)C(C)NC(=O)c1cccs1. The Bertz CT molecular complexity index is 626. The summed E-state index contributed by atoms with van der Waals surface area (Å²) in [6.07, 6.45) is 1.95. The molecule has 1 atom stereocenters. The third kappa shape index (κ3) is 4.09. The predicted octanol–water partition coefficient (Wildman–Crippen LogP) is 3.23.